The summed E-state index contributed by atoms with van der Waals surface area (Å²) < 4.78 is 0. The first-order valence-electron chi connectivity index (χ1n) is 5.69. The first kappa shape index (κ1) is 14.0. The van der Waals surface area contributed by atoms with Crippen LogP contribution in [0, 0.1) is 0 Å². The molecule has 96 valence electrons. The molecule has 0 radical (unpaired) electrons. The predicted octanol–water partition coefficient (Wildman–Crippen LogP) is 2.69. The zero-order valence-electron chi connectivity index (χ0n) is 11.3. The number of amides is 1. The number of likely N-dealkylation sites (N-methyl/N-ethyl adjacent to an activating group) is 1. The van der Waals surface area contributed by atoms with Gasteiger partial charge in [-0.2, -0.15) is 0 Å². The second kappa shape index (κ2) is 6.00. The normalized spacial score (nSPS) is 11.0. The fraction of sp³-hybridized carbons (Fsp3) is 0.286. The lowest BCUT2D eigenvalue weighted by Crippen LogP contribution is -2.26. The molecule has 0 saturated heterocycles. The van der Waals surface area contributed by atoms with E-state index in [1.54, 1.807) is 7.05 Å². The summed E-state index contributed by atoms with van der Waals surface area (Å²) in [5.74, 6) is 0.760. The Bertz CT molecular complexity index is 474. The maximum atomic E-state index is 10.9. The maximum Gasteiger partial charge on any atom is 0.221 e. The number of rotatable bonds is 3. The van der Waals surface area contributed by atoms with E-state index in [4.69, 9.17) is 0 Å². The molecule has 18 heavy (non-hydrogen) atoms. The van der Waals surface area contributed by atoms with Crippen LogP contribution in [0.1, 0.15) is 13.8 Å². The van der Waals surface area contributed by atoms with Gasteiger partial charge in [0.1, 0.15) is 5.84 Å². The van der Waals surface area contributed by atoms with E-state index in [-0.39, 0.29) is 5.91 Å². The van der Waals surface area contributed by atoms with Crippen LogP contribution in [0.2, 0.25) is 0 Å². The lowest BCUT2D eigenvalue weighted by molar-refractivity contribution is -0.114. The summed E-state index contributed by atoms with van der Waals surface area (Å²) in [5.41, 5.74) is 2.68. The number of hydrogen-bond acceptors (Lipinski definition) is 2. The molecule has 0 aliphatic heterocycles. The molecule has 4 heteroatoms. The van der Waals surface area contributed by atoms with E-state index in [1.807, 2.05) is 43.1 Å². The quantitative estimate of drug-likeness (QED) is 0.657. The average molecular weight is 245 g/mol. The topological polar surface area (TPSA) is 44.7 Å². The summed E-state index contributed by atoms with van der Waals surface area (Å²) in [4.78, 5) is 17.1. The van der Waals surface area contributed by atoms with Crippen LogP contribution in [0.15, 0.2) is 41.4 Å². The summed E-state index contributed by atoms with van der Waals surface area (Å²) >= 11 is 0. The highest BCUT2D eigenvalue weighted by atomic mass is 16.1. The van der Waals surface area contributed by atoms with Gasteiger partial charge in [-0.25, -0.2) is 0 Å². The van der Waals surface area contributed by atoms with Crippen LogP contribution in [0.25, 0.3) is 0 Å². The van der Waals surface area contributed by atoms with Gasteiger partial charge in [0.25, 0.3) is 0 Å². The number of anilines is 2. The average Bonchev–Trinajstić information content (AvgIpc) is 2.29. The molecule has 0 spiro atoms. The number of carbonyl (C=O) groups excluding carboxylic acids is 1. The summed E-state index contributed by atoms with van der Waals surface area (Å²) in [5, 5.41) is 2.73. The number of nitrogens with one attached hydrogen (secondary N) is 1. The molecule has 1 amide bonds. The highest BCUT2D eigenvalue weighted by Gasteiger charge is 2.08. The van der Waals surface area contributed by atoms with Crippen LogP contribution in [0.4, 0.5) is 11.4 Å². The monoisotopic (exact) mass is 245 g/mol. The highest BCUT2D eigenvalue weighted by molar-refractivity contribution is 6.08. The van der Waals surface area contributed by atoms with Gasteiger partial charge in [-0.15, -0.1) is 0 Å². The third-order valence-corrected chi connectivity index (χ3v) is 2.49. The van der Waals surface area contributed by atoms with Crippen molar-refractivity contribution in [2.24, 2.45) is 4.99 Å². The second-order valence-electron chi connectivity index (χ2n) is 4.11. The van der Waals surface area contributed by atoms with Gasteiger partial charge in [0.15, 0.2) is 0 Å². The van der Waals surface area contributed by atoms with Gasteiger partial charge in [-0.05, 0) is 36.8 Å². The van der Waals surface area contributed by atoms with E-state index in [0.29, 0.717) is 0 Å². The Hall–Kier alpha value is -2.10. The first-order chi connectivity index (χ1) is 8.45. The van der Waals surface area contributed by atoms with E-state index < -0.39 is 0 Å². The summed E-state index contributed by atoms with van der Waals surface area (Å²) in [6.45, 7) is 7.31. The molecule has 0 saturated carbocycles. The minimum absolute atomic E-state index is 0.0751. The van der Waals surface area contributed by atoms with Crippen molar-refractivity contribution in [1.29, 1.82) is 0 Å². The van der Waals surface area contributed by atoms with E-state index in [0.717, 1.165) is 22.8 Å². The molecule has 0 fully saturated rings. The Labute approximate surface area is 108 Å². The van der Waals surface area contributed by atoms with E-state index in [1.165, 1.54) is 6.92 Å². The third kappa shape index (κ3) is 3.45. The van der Waals surface area contributed by atoms with Gasteiger partial charge in [0, 0.05) is 32.4 Å². The van der Waals surface area contributed by atoms with Crippen molar-refractivity contribution >= 4 is 23.1 Å². The fourth-order valence-electron chi connectivity index (χ4n) is 1.72. The van der Waals surface area contributed by atoms with Gasteiger partial charge in [0.2, 0.25) is 5.91 Å². The van der Waals surface area contributed by atoms with Crippen molar-refractivity contribution in [2.45, 2.75) is 13.8 Å². The Balaban J connectivity index is 2.91. The molecule has 1 aromatic rings. The molecule has 1 rings (SSSR count). The zero-order chi connectivity index (χ0) is 13.7. The lowest BCUT2D eigenvalue weighted by Gasteiger charge is -2.21. The molecular formula is C14H19N3O. The van der Waals surface area contributed by atoms with Gasteiger partial charge in [-0.1, -0.05) is 6.58 Å². The molecule has 0 unspecified atom stereocenters. The number of aliphatic imine (C=N–C) groups is 1. The highest BCUT2D eigenvalue weighted by Crippen LogP contribution is 2.18. The summed E-state index contributed by atoms with van der Waals surface area (Å²) in [7, 11) is 3.68. The van der Waals surface area contributed by atoms with Crippen LogP contribution < -0.4 is 10.2 Å². The van der Waals surface area contributed by atoms with E-state index >= 15 is 0 Å². The molecule has 0 atom stereocenters. The fourth-order valence-corrected chi connectivity index (χ4v) is 1.72. The number of amidine groups is 1. The minimum Gasteiger partial charge on any atom is -0.330 e. The molecule has 4 nitrogen and oxygen atoms in total. The third-order valence-electron chi connectivity index (χ3n) is 2.49. The number of nitrogens with zero attached hydrogens (tertiary/aromatic N) is 2. The molecule has 1 aromatic carbocycles. The first-order valence-corrected chi connectivity index (χ1v) is 5.69. The SMILES string of the molecule is C=C(C)C(=NC)N(C)c1ccc(NC(C)=O)cc1. The Kier molecular flexibility index (Phi) is 4.66. The zero-order valence-corrected chi connectivity index (χ0v) is 11.3. The van der Waals surface area contributed by atoms with Crippen molar-refractivity contribution in [1.82, 2.24) is 0 Å². The number of benzene rings is 1. The van der Waals surface area contributed by atoms with Crippen LogP contribution in [-0.4, -0.2) is 25.8 Å². The smallest absolute Gasteiger partial charge is 0.221 e. The Morgan fingerprint density at radius 1 is 1.28 bits per heavy atom. The molecule has 0 bridgehead atoms. The van der Waals surface area contributed by atoms with Gasteiger partial charge < -0.3 is 10.2 Å². The van der Waals surface area contributed by atoms with E-state index in [2.05, 4.69) is 16.9 Å². The van der Waals surface area contributed by atoms with Gasteiger partial charge >= 0.3 is 0 Å². The van der Waals surface area contributed by atoms with Crippen molar-refractivity contribution in [3.05, 3.63) is 36.4 Å². The molecular weight excluding hydrogens is 226 g/mol. The predicted molar refractivity (Wildman–Crippen MR) is 77.3 cm³/mol. The summed E-state index contributed by atoms with van der Waals surface area (Å²) in [6.07, 6.45) is 0. The number of carbonyl (C=O) groups is 1. The van der Waals surface area contributed by atoms with Gasteiger partial charge in [0.05, 0.1) is 0 Å². The molecule has 0 aliphatic rings. The van der Waals surface area contributed by atoms with Crippen LogP contribution in [0.5, 0.6) is 0 Å². The van der Waals surface area contributed by atoms with Crippen molar-refractivity contribution in [3.63, 3.8) is 0 Å². The number of hydrogen-bond donors (Lipinski definition) is 1. The van der Waals surface area contributed by atoms with Crippen LogP contribution in [0.3, 0.4) is 0 Å². The minimum atomic E-state index is -0.0751. The maximum absolute atomic E-state index is 10.9. The standard InChI is InChI=1S/C14H19N3O/c1-10(2)14(15-4)17(5)13-8-6-12(7-9-13)16-11(3)18/h6-9H,1H2,2-5H3,(H,16,18). The molecule has 0 heterocycles. The largest absolute Gasteiger partial charge is 0.330 e. The Morgan fingerprint density at radius 3 is 2.22 bits per heavy atom. The lowest BCUT2D eigenvalue weighted by atomic mass is 10.2. The van der Waals surface area contributed by atoms with E-state index in [9.17, 15) is 4.79 Å². The molecule has 0 aromatic heterocycles. The Morgan fingerprint density at radius 2 is 1.83 bits per heavy atom. The summed E-state index contributed by atoms with van der Waals surface area (Å²) in [6, 6.07) is 7.58. The molecule has 0 aliphatic carbocycles. The van der Waals surface area contributed by atoms with Crippen LogP contribution in [-0.2, 0) is 4.79 Å². The van der Waals surface area contributed by atoms with Crippen molar-refractivity contribution in [3.8, 4) is 0 Å². The van der Waals surface area contributed by atoms with Crippen LogP contribution >= 0.6 is 0 Å². The van der Waals surface area contributed by atoms with Gasteiger partial charge in [-0.3, -0.25) is 9.79 Å². The second-order valence-corrected chi connectivity index (χ2v) is 4.11. The van der Waals surface area contributed by atoms with Crippen molar-refractivity contribution in [2.75, 3.05) is 24.3 Å². The molecule has 1 N–H and O–H groups in total. The van der Waals surface area contributed by atoms with Crippen molar-refractivity contribution < 1.29 is 4.79 Å².